The van der Waals surface area contributed by atoms with E-state index >= 15 is 0 Å². The third kappa shape index (κ3) is 4.75. The minimum absolute atomic E-state index is 0.232. The highest BCUT2D eigenvalue weighted by molar-refractivity contribution is 5.79. The number of benzene rings is 1. The van der Waals surface area contributed by atoms with Gasteiger partial charge >= 0.3 is 0 Å². The molecule has 5 heteroatoms. The summed E-state index contributed by atoms with van der Waals surface area (Å²) in [6.07, 6.45) is 6.73. The minimum Gasteiger partial charge on any atom is -0.342 e. The first-order valence-corrected chi connectivity index (χ1v) is 11.0. The first-order valence-electron chi connectivity index (χ1n) is 11.0. The largest absolute Gasteiger partial charge is 0.342 e. The Hall–Kier alpha value is -1.88. The zero-order chi connectivity index (χ0) is 19.3. The monoisotopic (exact) mass is 383 g/mol. The third-order valence-electron chi connectivity index (χ3n) is 6.68. The average Bonchev–Trinajstić information content (AvgIpc) is 3.12. The molecule has 0 saturated carbocycles. The minimum atomic E-state index is 0.232. The highest BCUT2D eigenvalue weighted by atomic mass is 16.2. The Morgan fingerprint density at radius 1 is 1.00 bits per heavy atom. The number of amides is 2. The van der Waals surface area contributed by atoms with E-state index in [0.717, 1.165) is 52.0 Å². The Morgan fingerprint density at radius 3 is 2.71 bits per heavy atom. The van der Waals surface area contributed by atoms with Crippen molar-refractivity contribution < 1.29 is 9.59 Å². The van der Waals surface area contributed by atoms with Gasteiger partial charge in [0, 0.05) is 58.2 Å². The molecule has 5 rings (SSSR count). The normalized spacial score (nSPS) is 26.2. The SMILES string of the molecule is O=C1CCCCCN1CCC(=O)N1C[C@H]2CC[C@@H](C1)N(Cc1ccccc1)C2. The van der Waals surface area contributed by atoms with Crippen LogP contribution in [0.2, 0.25) is 0 Å². The van der Waals surface area contributed by atoms with Gasteiger partial charge in [-0.05, 0) is 37.2 Å². The predicted molar refractivity (Wildman–Crippen MR) is 110 cm³/mol. The molecule has 2 bridgehead atoms. The molecule has 4 aliphatic rings. The van der Waals surface area contributed by atoms with Gasteiger partial charge in [0.25, 0.3) is 0 Å². The highest BCUT2D eigenvalue weighted by Crippen LogP contribution is 2.29. The topological polar surface area (TPSA) is 43.9 Å². The van der Waals surface area contributed by atoms with E-state index in [9.17, 15) is 9.59 Å². The smallest absolute Gasteiger partial charge is 0.224 e. The van der Waals surface area contributed by atoms with Gasteiger partial charge in [-0.1, -0.05) is 36.8 Å². The summed E-state index contributed by atoms with van der Waals surface area (Å²) in [6, 6.07) is 11.1. The number of piperidine rings is 1. The molecule has 0 unspecified atom stereocenters. The molecule has 4 saturated heterocycles. The number of rotatable bonds is 5. The summed E-state index contributed by atoms with van der Waals surface area (Å²) in [7, 11) is 0. The van der Waals surface area contributed by atoms with Gasteiger partial charge in [-0.2, -0.15) is 0 Å². The second kappa shape index (κ2) is 9.08. The maximum absolute atomic E-state index is 12.9. The number of fused-ring (bicyclic) bond motifs is 4. The Kier molecular flexibility index (Phi) is 6.30. The van der Waals surface area contributed by atoms with Crippen molar-refractivity contribution in [1.29, 1.82) is 0 Å². The van der Waals surface area contributed by atoms with Crippen LogP contribution >= 0.6 is 0 Å². The molecular weight excluding hydrogens is 350 g/mol. The quantitative estimate of drug-likeness (QED) is 0.785. The lowest BCUT2D eigenvalue weighted by Crippen LogP contribution is -2.44. The van der Waals surface area contributed by atoms with Crippen LogP contribution in [0, 0.1) is 5.92 Å². The lowest BCUT2D eigenvalue weighted by Gasteiger charge is -2.36. The van der Waals surface area contributed by atoms with E-state index in [1.807, 2.05) is 4.90 Å². The maximum atomic E-state index is 12.9. The van der Waals surface area contributed by atoms with Crippen LogP contribution < -0.4 is 0 Å². The molecule has 0 aliphatic carbocycles. The third-order valence-corrected chi connectivity index (χ3v) is 6.68. The molecule has 28 heavy (non-hydrogen) atoms. The molecule has 2 atom stereocenters. The van der Waals surface area contributed by atoms with Crippen LogP contribution in [0.15, 0.2) is 30.3 Å². The molecule has 0 radical (unpaired) electrons. The second-order valence-corrected chi connectivity index (χ2v) is 8.75. The van der Waals surface area contributed by atoms with Crippen molar-refractivity contribution in [2.45, 2.75) is 57.5 Å². The number of hydrogen-bond acceptors (Lipinski definition) is 3. The van der Waals surface area contributed by atoms with Crippen LogP contribution in [0.1, 0.15) is 50.5 Å². The summed E-state index contributed by atoms with van der Waals surface area (Å²) in [4.78, 5) is 31.7. The fraction of sp³-hybridized carbons (Fsp3) is 0.652. The molecule has 4 aliphatic heterocycles. The molecule has 0 spiro atoms. The fourth-order valence-electron chi connectivity index (χ4n) is 5.06. The Labute approximate surface area is 168 Å². The first-order chi connectivity index (χ1) is 13.7. The van der Waals surface area contributed by atoms with E-state index in [-0.39, 0.29) is 11.8 Å². The van der Waals surface area contributed by atoms with Crippen LogP contribution in [0.5, 0.6) is 0 Å². The predicted octanol–water partition coefficient (Wildman–Crippen LogP) is 2.90. The van der Waals surface area contributed by atoms with E-state index in [2.05, 4.69) is 40.1 Å². The molecule has 1 aromatic rings. The standard InChI is InChI=1S/C23H33N3O2/c27-22-9-5-2-6-13-24(22)14-12-23(28)26-17-20-10-11-21(18-26)25(16-20)15-19-7-3-1-4-8-19/h1,3-4,7-8,20-21H,2,5-6,9-18H2/t20-,21-/m0/s1. The summed E-state index contributed by atoms with van der Waals surface area (Å²) in [5.74, 6) is 1.04. The molecule has 0 N–H and O–H groups in total. The van der Waals surface area contributed by atoms with Gasteiger partial charge in [0.2, 0.25) is 11.8 Å². The zero-order valence-corrected chi connectivity index (χ0v) is 16.9. The van der Waals surface area contributed by atoms with Crippen LogP contribution in [0.25, 0.3) is 0 Å². The van der Waals surface area contributed by atoms with Gasteiger partial charge in [-0.15, -0.1) is 0 Å². The molecular formula is C23H33N3O2. The molecule has 5 nitrogen and oxygen atoms in total. The zero-order valence-electron chi connectivity index (χ0n) is 16.9. The van der Waals surface area contributed by atoms with Crippen molar-refractivity contribution in [2.24, 2.45) is 5.92 Å². The van der Waals surface area contributed by atoms with Gasteiger partial charge in [0.15, 0.2) is 0 Å². The molecule has 0 aromatic heterocycles. The van der Waals surface area contributed by atoms with Crippen molar-refractivity contribution in [3.8, 4) is 0 Å². The fourth-order valence-corrected chi connectivity index (χ4v) is 5.06. The first kappa shape index (κ1) is 19.4. The van der Waals surface area contributed by atoms with Crippen LogP contribution in [0.4, 0.5) is 0 Å². The molecule has 4 heterocycles. The molecule has 2 amide bonds. The number of nitrogens with zero attached hydrogens (tertiary/aromatic N) is 3. The van der Waals surface area contributed by atoms with Gasteiger partial charge in [0.05, 0.1) is 0 Å². The maximum Gasteiger partial charge on any atom is 0.224 e. The second-order valence-electron chi connectivity index (χ2n) is 8.75. The molecule has 4 fully saturated rings. The summed E-state index contributed by atoms with van der Waals surface area (Å²) < 4.78 is 0. The van der Waals surface area contributed by atoms with E-state index in [4.69, 9.17) is 0 Å². The van der Waals surface area contributed by atoms with E-state index in [1.165, 1.54) is 18.4 Å². The Bertz CT molecular complexity index is 678. The van der Waals surface area contributed by atoms with E-state index < -0.39 is 0 Å². The summed E-state index contributed by atoms with van der Waals surface area (Å²) in [5.41, 5.74) is 1.35. The van der Waals surface area contributed by atoms with E-state index in [1.54, 1.807) is 0 Å². The Balaban J connectivity index is 1.33. The number of carbonyl (C=O) groups excluding carboxylic acids is 2. The van der Waals surface area contributed by atoms with Crippen LogP contribution in [-0.2, 0) is 16.1 Å². The molecule has 152 valence electrons. The number of likely N-dealkylation sites (tertiary alicyclic amines) is 1. The van der Waals surface area contributed by atoms with Gasteiger partial charge in [-0.3, -0.25) is 14.5 Å². The van der Waals surface area contributed by atoms with Crippen molar-refractivity contribution >= 4 is 11.8 Å². The summed E-state index contributed by atoms with van der Waals surface area (Å²) in [5, 5.41) is 0. The lowest BCUT2D eigenvalue weighted by atomic mass is 9.94. The average molecular weight is 384 g/mol. The van der Waals surface area contributed by atoms with Gasteiger partial charge in [-0.25, -0.2) is 0 Å². The van der Waals surface area contributed by atoms with Crippen molar-refractivity contribution in [3.05, 3.63) is 35.9 Å². The number of carbonyl (C=O) groups is 2. The lowest BCUT2D eigenvalue weighted by molar-refractivity contribution is -0.134. The van der Waals surface area contributed by atoms with Crippen molar-refractivity contribution in [1.82, 2.24) is 14.7 Å². The van der Waals surface area contributed by atoms with E-state index in [0.29, 0.717) is 31.3 Å². The number of hydrogen-bond donors (Lipinski definition) is 0. The summed E-state index contributed by atoms with van der Waals surface area (Å²) >= 11 is 0. The van der Waals surface area contributed by atoms with Gasteiger partial charge < -0.3 is 9.80 Å². The summed E-state index contributed by atoms with van der Waals surface area (Å²) in [6.45, 7) is 5.21. The van der Waals surface area contributed by atoms with Crippen molar-refractivity contribution in [2.75, 3.05) is 32.7 Å². The van der Waals surface area contributed by atoms with Crippen molar-refractivity contribution in [3.63, 3.8) is 0 Å². The Morgan fingerprint density at radius 2 is 1.86 bits per heavy atom. The molecule has 1 aromatic carbocycles. The van der Waals surface area contributed by atoms with Gasteiger partial charge in [0.1, 0.15) is 0 Å². The van der Waals surface area contributed by atoms with Crippen LogP contribution in [0.3, 0.4) is 0 Å². The van der Waals surface area contributed by atoms with Crippen LogP contribution in [-0.4, -0.2) is 65.3 Å². The highest BCUT2D eigenvalue weighted by Gasteiger charge is 2.36.